The van der Waals surface area contributed by atoms with E-state index in [0.717, 1.165) is 31.5 Å². The lowest BCUT2D eigenvalue weighted by Gasteiger charge is -2.36. The number of primary amides is 1. The molecule has 0 saturated carbocycles. The average molecular weight is 412 g/mol. The number of pyridine rings is 1. The van der Waals surface area contributed by atoms with Crippen molar-refractivity contribution in [3.05, 3.63) is 63.3 Å². The molecule has 30 heavy (non-hydrogen) atoms. The van der Waals surface area contributed by atoms with Gasteiger partial charge in [0.05, 0.1) is 5.92 Å². The molecule has 1 atom stereocenters. The molecule has 8 heteroatoms. The van der Waals surface area contributed by atoms with E-state index in [0.29, 0.717) is 30.8 Å². The molecule has 2 N–H and O–H groups in total. The maximum Gasteiger partial charge on any atom is 0.268 e. The minimum absolute atomic E-state index is 0.0380. The fourth-order valence-electron chi connectivity index (χ4n) is 4.52. The fourth-order valence-corrected chi connectivity index (χ4v) is 4.52. The maximum absolute atomic E-state index is 13.3. The summed E-state index contributed by atoms with van der Waals surface area (Å²) in [5.41, 5.74) is 6.72. The molecule has 1 saturated heterocycles. The van der Waals surface area contributed by atoms with Crippen LogP contribution in [0, 0.1) is 11.7 Å². The summed E-state index contributed by atoms with van der Waals surface area (Å²) in [7, 11) is 2.02. The van der Waals surface area contributed by atoms with Gasteiger partial charge in [0.2, 0.25) is 5.91 Å². The second-order valence-electron chi connectivity index (χ2n) is 8.13. The first-order valence-electron chi connectivity index (χ1n) is 10.2. The van der Waals surface area contributed by atoms with E-state index in [1.807, 2.05) is 7.05 Å². The summed E-state index contributed by atoms with van der Waals surface area (Å²) in [5.74, 6) is -1.15. The lowest BCUT2D eigenvalue weighted by molar-refractivity contribution is -0.138. The number of piperidine rings is 1. The number of nitrogens with zero attached hydrogens (tertiary/aromatic N) is 3. The lowest BCUT2D eigenvalue weighted by atomic mass is 9.93. The molecule has 1 fully saturated rings. The fraction of sp³-hybridized carbons (Fsp3) is 0.409. The first-order valence-corrected chi connectivity index (χ1v) is 10.2. The van der Waals surface area contributed by atoms with Gasteiger partial charge in [-0.3, -0.25) is 19.0 Å². The van der Waals surface area contributed by atoms with E-state index in [9.17, 15) is 18.8 Å². The molecule has 0 bridgehead atoms. The van der Waals surface area contributed by atoms with Crippen molar-refractivity contribution in [2.45, 2.75) is 25.8 Å². The van der Waals surface area contributed by atoms with E-state index >= 15 is 0 Å². The van der Waals surface area contributed by atoms with Crippen LogP contribution in [0.2, 0.25) is 0 Å². The van der Waals surface area contributed by atoms with Crippen LogP contribution in [0.15, 0.2) is 35.3 Å². The van der Waals surface area contributed by atoms with Crippen LogP contribution in [0.4, 0.5) is 4.39 Å². The average Bonchev–Trinajstić information content (AvgIpc) is 2.73. The van der Waals surface area contributed by atoms with E-state index in [1.165, 1.54) is 28.8 Å². The highest BCUT2D eigenvalue weighted by molar-refractivity contribution is 5.94. The number of amides is 2. The van der Waals surface area contributed by atoms with Crippen molar-refractivity contribution >= 4 is 11.8 Å². The quantitative estimate of drug-likeness (QED) is 0.823. The first-order chi connectivity index (χ1) is 14.3. The summed E-state index contributed by atoms with van der Waals surface area (Å²) in [6.07, 6.45) is 3.91. The monoisotopic (exact) mass is 412 g/mol. The zero-order valence-electron chi connectivity index (χ0n) is 16.9. The molecule has 0 aliphatic carbocycles. The zero-order valence-corrected chi connectivity index (χ0v) is 16.9. The normalized spacial score (nSPS) is 19.4. The molecule has 0 spiro atoms. The van der Waals surface area contributed by atoms with Gasteiger partial charge < -0.3 is 15.5 Å². The summed E-state index contributed by atoms with van der Waals surface area (Å²) in [6.45, 7) is 2.50. The Bertz CT molecular complexity index is 1050. The highest BCUT2D eigenvalue weighted by atomic mass is 19.1. The van der Waals surface area contributed by atoms with Crippen molar-refractivity contribution in [3.8, 4) is 5.69 Å². The van der Waals surface area contributed by atoms with Crippen LogP contribution in [-0.4, -0.2) is 52.9 Å². The molecule has 1 unspecified atom stereocenters. The third kappa shape index (κ3) is 3.75. The van der Waals surface area contributed by atoms with Gasteiger partial charge in [-0.2, -0.15) is 0 Å². The number of benzene rings is 1. The third-order valence-electron chi connectivity index (χ3n) is 6.04. The largest absolute Gasteiger partial charge is 0.365 e. The van der Waals surface area contributed by atoms with E-state index in [4.69, 9.17) is 5.73 Å². The van der Waals surface area contributed by atoms with Crippen molar-refractivity contribution in [1.29, 1.82) is 0 Å². The molecule has 1 aromatic heterocycles. The summed E-state index contributed by atoms with van der Waals surface area (Å²) in [5, 5.41) is 0. The van der Waals surface area contributed by atoms with E-state index < -0.39 is 17.3 Å². The molecule has 2 aromatic rings. The standard InChI is InChI=1S/C22H25FN4O3/c1-25-9-2-3-14(11-25)21(29)26-10-8-18-15(12-26)13-27(22(30)19(18)20(24)28)17-6-4-16(23)5-7-17/h4-7,13-14H,2-3,8-12H2,1H3,(H2,24,28). The van der Waals surface area contributed by atoms with Crippen LogP contribution in [0.5, 0.6) is 0 Å². The number of halogens is 1. The van der Waals surface area contributed by atoms with Crippen molar-refractivity contribution in [1.82, 2.24) is 14.4 Å². The van der Waals surface area contributed by atoms with Crippen LogP contribution in [0.25, 0.3) is 5.69 Å². The van der Waals surface area contributed by atoms with Gasteiger partial charge >= 0.3 is 0 Å². The number of carbonyl (C=O) groups excluding carboxylic acids is 2. The number of likely N-dealkylation sites (tertiary alicyclic amines) is 1. The Balaban J connectivity index is 1.70. The Labute approximate surface area is 173 Å². The minimum Gasteiger partial charge on any atom is -0.365 e. The van der Waals surface area contributed by atoms with Crippen LogP contribution in [0.1, 0.15) is 34.3 Å². The van der Waals surface area contributed by atoms with E-state index in [1.54, 1.807) is 11.1 Å². The number of hydrogen-bond donors (Lipinski definition) is 1. The molecule has 4 rings (SSSR count). The molecular weight excluding hydrogens is 387 g/mol. The number of nitrogens with two attached hydrogens (primary N) is 1. The smallest absolute Gasteiger partial charge is 0.268 e. The van der Waals surface area contributed by atoms with E-state index in [-0.39, 0.29) is 17.4 Å². The summed E-state index contributed by atoms with van der Waals surface area (Å²) in [6, 6.07) is 5.44. The predicted octanol–water partition coefficient (Wildman–Crippen LogP) is 1.30. The van der Waals surface area contributed by atoms with Gasteiger partial charge in [0.1, 0.15) is 11.4 Å². The second-order valence-corrected chi connectivity index (χ2v) is 8.13. The molecule has 2 aliphatic heterocycles. The van der Waals surface area contributed by atoms with Gasteiger partial charge in [-0.1, -0.05) is 0 Å². The molecule has 1 aromatic carbocycles. The summed E-state index contributed by atoms with van der Waals surface area (Å²) in [4.78, 5) is 42.1. The zero-order chi connectivity index (χ0) is 21.4. The van der Waals surface area contributed by atoms with Crippen molar-refractivity contribution < 1.29 is 14.0 Å². The molecule has 3 heterocycles. The predicted molar refractivity (Wildman–Crippen MR) is 110 cm³/mol. The summed E-state index contributed by atoms with van der Waals surface area (Å²) >= 11 is 0. The second kappa shape index (κ2) is 8.02. The number of fused-ring (bicyclic) bond motifs is 1. The lowest BCUT2D eigenvalue weighted by Crippen LogP contribution is -2.46. The van der Waals surface area contributed by atoms with Gasteiger partial charge in [0, 0.05) is 31.5 Å². The summed E-state index contributed by atoms with van der Waals surface area (Å²) < 4.78 is 14.6. The van der Waals surface area contributed by atoms with Gasteiger partial charge in [-0.25, -0.2) is 4.39 Å². The number of carbonyl (C=O) groups is 2. The molecule has 0 radical (unpaired) electrons. The van der Waals surface area contributed by atoms with Crippen LogP contribution >= 0.6 is 0 Å². The SMILES string of the molecule is CN1CCCC(C(=O)N2CCc3c(cn(-c4ccc(F)cc4)c(=O)c3C(N)=O)C2)C1. The van der Waals surface area contributed by atoms with Crippen molar-refractivity contribution in [2.24, 2.45) is 11.7 Å². The third-order valence-corrected chi connectivity index (χ3v) is 6.04. The molecule has 158 valence electrons. The number of aromatic nitrogens is 1. The number of rotatable bonds is 3. The maximum atomic E-state index is 13.3. The van der Waals surface area contributed by atoms with Gasteiger partial charge in [-0.15, -0.1) is 0 Å². The topological polar surface area (TPSA) is 88.6 Å². The number of hydrogen-bond acceptors (Lipinski definition) is 4. The van der Waals surface area contributed by atoms with Gasteiger partial charge in [0.25, 0.3) is 11.5 Å². The molecule has 2 aliphatic rings. The Hall–Kier alpha value is -3.00. The Morgan fingerprint density at radius 1 is 1.17 bits per heavy atom. The van der Waals surface area contributed by atoms with Crippen LogP contribution in [0.3, 0.4) is 0 Å². The molecule has 7 nitrogen and oxygen atoms in total. The van der Waals surface area contributed by atoms with Crippen LogP contribution in [-0.2, 0) is 17.8 Å². The highest BCUT2D eigenvalue weighted by Gasteiger charge is 2.32. The van der Waals surface area contributed by atoms with Crippen molar-refractivity contribution in [3.63, 3.8) is 0 Å². The Morgan fingerprint density at radius 2 is 1.90 bits per heavy atom. The Morgan fingerprint density at radius 3 is 2.57 bits per heavy atom. The van der Waals surface area contributed by atoms with Gasteiger partial charge in [-0.05, 0) is 68.2 Å². The highest BCUT2D eigenvalue weighted by Crippen LogP contribution is 2.25. The molecular formula is C22H25FN4O3. The first kappa shape index (κ1) is 20.3. The van der Waals surface area contributed by atoms with Crippen molar-refractivity contribution in [2.75, 3.05) is 26.7 Å². The Kier molecular flexibility index (Phi) is 5.42. The van der Waals surface area contributed by atoms with E-state index in [2.05, 4.69) is 4.90 Å². The van der Waals surface area contributed by atoms with Crippen LogP contribution < -0.4 is 11.3 Å². The molecule has 2 amide bonds. The minimum atomic E-state index is -0.790. The van der Waals surface area contributed by atoms with Gasteiger partial charge in [0.15, 0.2) is 0 Å².